The molecule has 2 aromatic heterocycles. The molecular formula is C13H12ClN3O. The van der Waals surface area contributed by atoms with Crippen LogP contribution in [0.5, 0.6) is 0 Å². The highest BCUT2D eigenvalue weighted by atomic mass is 35.5. The SMILES string of the molecule is Cc1cccc(CNC(=O)c2cnccc2Cl)n1. The number of nitrogens with zero attached hydrogens (tertiary/aromatic N) is 2. The van der Waals surface area contributed by atoms with Crippen molar-refractivity contribution in [1.82, 2.24) is 15.3 Å². The zero-order chi connectivity index (χ0) is 13.0. The van der Waals surface area contributed by atoms with E-state index in [9.17, 15) is 4.79 Å². The molecule has 0 fully saturated rings. The van der Waals surface area contributed by atoms with E-state index in [-0.39, 0.29) is 5.91 Å². The van der Waals surface area contributed by atoms with Gasteiger partial charge in [0.15, 0.2) is 0 Å². The van der Waals surface area contributed by atoms with Crippen molar-refractivity contribution in [3.63, 3.8) is 0 Å². The van der Waals surface area contributed by atoms with Crippen LogP contribution in [0, 0.1) is 6.92 Å². The fourth-order valence-electron chi connectivity index (χ4n) is 1.51. The predicted molar refractivity (Wildman–Crippen MR) is 69.4 cm³/mol. The van der Waals surface area contributed by atoms with Crippen molar-refractivity contribution in [3.05, 3.63) is 58.6 Å². The molecule has 5 heteroatoms. The summed E-state index contributed by atoms with van der Waals surface area (Å²) in [6, 6.07) is 7.25. The number of aryl methyl sites for hydroxylation is 1. The van der Waals surface area contributed by atoms with Gasteiger partial charge in [-0.1, -0.05) is 17.7 Å². The number of hydrogen-bond acceptors (Lipinski definition) is 3. The lowest BCUT2D eigenvalue weighted by molar-refractivity contribution is 0.0950. The molecular weight excluding hydrogens is 250 g/mol. The van der Waals surface area contributed by atoms with E-state index in [4.69, 9.17) is 11.6 Å². The highest BCUT2D eigenvalue weighted by Crippen LogP contribution is 2.13. The predicted octanol–water partition coefficient (Wildman–Crippen LogP) is 2.37. The van der Waals surface area contributed by atoms with E-state index in [2.05, 4.69) is 15.3 Å². The van der Waals surface area contributed by atoms with Crippen LogP contribution >= 0.6 is 11.6 Å². The lowest BCUT2D eigenvalue weighted by Crippen LogP contribution is -2.23. The Bertz CT molecular complexity index is 572. The summed E-state index contributed by atoms with van der Waals surface area (Å²) in [4.78, 5) is 20.0. The van der Waals surface area contributed by atoms with E-state index in [1.54, 1.807) is 12.3 Å². The molecule has 92 valence electrons. The molecule has 0 aliphatic rings. The molecule has 0 aliphatic heterocycles. The fourth-order valence-corrected chi connectivity index (χ4v) is 1.70. The van der Waals surface area contributed by atoms with Crippen LogP contribution in [-0.2, 0) is 6.54 Å². The number of halogens is 1. The largest absolute Gasteiger partial charge is 0.346 e. The Labute approximate surface area is 110 Å². The van der Waals surface area contributed by atoms with Gasteiger partial charge < -0.3 is 5.32 Å². The van der Waals surface area contributed by atoms with Gasteiger partial charge in [-0.25, -0.2) is 0 Å². The molecule has 0 radical (unpaired) electrons. The van der Waals surface area contributed by atoms with E-state index < -0.39 is 0 Å². The number of aromatic nitrogens is 2. The van der Waals surface area contributed by atoms with Crippen LogP contribution in [0.3, 0.4) is 0 Å². The van der Waals surface area contributed by atoms with Crippen molar-refractivity contribution < 1.29 is 4.79 Å². The fraction of sp³-hybridized carbons (Fsp3) is 0.154. The quantitative estimate of drug-likeness (QED) is 0.923. The van der Waals surface area contributed by atoms with Crippen molar-refractivity contribution >= 4 is 17.5 Å². The maximum atomic E-state index is 11.9. The molecule has 0 aromatic carbocycles. The minimum atomic E-state index is -0.253. The second kappa shape index (κ2) is 5.60. The molecule has 1 N–H and O–H groups in total. The molecule has 2 rings (SSSR count). The van der Waals surface area contributed by atoms with E-state index in [1.165, 1.54) is 6.20 Å². The van der Waals surface area contributed by atoms with E-state index in [0.717, 1.165) is 11.4 Å². The van der Waals surface area contributed by atoms with E-state index in [1.807, 2.05) is 25.1 Å². The van der Waals surface area contributed by atoms with Crippen molar-refractivity contribution in [2.45, 2.75) is 13.5 Å². The van der Waals surface area contributed by atoms with Crippen LogP contribution < -0.4 is 5.32 Å². The molecule has 0 bridgehead atoms. The Morgan fingerprint density at radius 2 is 2.22 bits per heavy atom. The molecule has 0 saturated carbocycles. The monoisotopic (exact) mass is 261 g/mol. The maximum Gasteiger partial charge on any atom is 0.254 e. The van der Waals surface area contributed by atoms with Crippen molar-refractivity contribution in [2.75, 3.05) is 0 Å². The Morgan fingerprint density at radius 1 is 1.39 bits per heavy atom. The van der Waals surface area contributed by atoms with Crippen LogP contribution in [0.4, 0.5) is 0 Å². The van der Waals surface area contributed by atoms with Crippen molar-refractivity contribution in [3.8, 4) is 0 Å². The highest BCUT2D eigenvalue weighted by molar-refractivity contribution is 6.33. The van der Waals surface area contributed by atoms with Crippen molar-refractivity contribution in [2.24, 2.45) is 0 Å². The van der Waals surface area contributed by atoms with Gasteiger partial charge in [0.1, 0.15) is 0 Å². The summed E-state index contributed by atoms with van der Waals surface area (Å²) in [5, 5.41) is 3.15. The molecule has 0 spiro atoms. The van der Waals surface area contributed by atoms with Gasteiger partial charge in [0.2, 0.25) is 0 Å². The van der Waals surface area contributed by atoms with Crippen LogP contribution in [-0.4, -0.2) is 15.9 Å². The minimum absolute atomic E-state index is 0.253. The number of carbonyl (C=O) groups is 1. The average Bonchev–Trinajstić information content (AvgIpc) is 2.37. The van der Waals surface area contributed by atoms with Gasteiger partial charge in [-0.2, -0.15) is 0 Å². The third-order valence-electron chi connectivity index (χ3n) is 2.39. The zero-order valence-electron chi connectivity index (χ0n) is 9.85. The molecule has 18 heavy (non-hydrogen) atoms. The lowest BCUT2D eigenvalue weighted by atomic mass is 10.2. The average molecular weight is 262 g/mol. The zero-order valence-corrected chi connectivity index (χ0v) is 10.6. The van der Waals surface area contributed by atoms with Gasteiger partial charge in [0.25, 0.3) is 5.91 Å². The lowest BCUT2D eigenvalue weighted by Gasteiger charge is -2.06. The number of pyridine rings is 2. The number of nitrogens with one attached hydrogen (secondary N) is 1. The molecule has 4 nitrogen and oxygen atoms in total. The first kappa shape index (κ1) is 12.5. The third-order valence-corrected chi connectivity index (χ3v) is 2.72. The van der Waals surface area contributed by atoms with Gasteiger partial charge in [0.05, 0.1) is 22.8 Å². The Morgan fingerprint density at radius 3 is 2.94 bits per heavy atom. The topological polar surface area (TPSA) is 54.9 Å². The first-order chi connectivity index (χ1) is 8.66. The summed E-state index contributed by atoms with van der Waals surface area (Å²) in [6.45, 7) is 2.27. The molecule has 0 unspecified atom stereocenters. The summed E-state index contributed by atoms with van der Waals surface area (Å²) < 4.78 is 0. The first-order valence-electron chi connectivity index (χ1n) is 5.47. The minimum Gasteiger partial charge on any atom is -0.346 e. The number of carbonyl (C=O) groups excluding carboxylic acids is 1. The summed E-state index contributed by atoms with van der Waals surface area (Å²) in [7, 11) is 0. The molecule has 0 atom stereocenters. The van der Waals surface area contributed by atoms with Crippen molar-refractivity contribution in [1.29, 1.82) is 0 Å². The molecule has 0 aliphatic carbocycles. The van der Waals surface area contributed by atoms with Crippen LogP contribution in [0.1, 0.15) is 21.7 Å². The molecule has 2 aromatic rings. The standard InChI is InChI=1S/C13H12ClN3O/c1-9-3-2-4-10(17-9)7-16-13(18)11-8-15-6-5-12(11)14/h2-6,8H,7H2,1H3,(H,16,18). The second-order valence-electron chi connectivity index (χ2n) is 3.81. The summed E-state index contributed by atoms with van der Waals surface area (Å²) in [5.41, 5.74) is 2.09. The molecule has 0 saturated heterocycles. The van der Waals surface area contributed by atoms with Crippen LogP contribution in [0.15, 0.2) is 36.7 Å². The number of rotatable bonds is 3. The normalized spacial score (nSPS) is 10.1. The van der Waals surface area contributed by atoms with E-state index in [0.29, 0.717) is 17.1 Å². The molecule has 2 heterocycles. The van der Waals surface area contributed by atoms with Gasteiger partial charge in [-0.3, -0.25) is 14.8 Å². The highest BCUT2D eigenvalue weighted by Gasteiger charge is 2.09. The smallest absolute Gasteiger partial charge is 0.254 e. The number of amides is 1. The Kier molecular flexibility index (Phi) is 3.89. The van der Waals surface area contributed by atoms with Gasteiger partial charge >= 0.3 is 0 Å². The number of hydrogen-bond donors (Lipinski definition) is 1. The van der Waals surface area contributed by atoms with E-state index >= 15 is 0 Å². The Hall–Kier alpha value is -1.94. The first-order valence-corrected chi connectivity index (χ1v) is 5.85. The summed E-state index contributed by atoms with van der Waals surface area (Å²) in [5.74, 6) is -0.253. The van der Waals surface area contributed by atoms with Gasteiger partial charge in [0, 0.05) is 18.1 Å². The maximum absolute atomic E-state index is 11.9. The second-order valence-corrected chi connectivity index (χ2v) is 4.22. The van der Waals surface area contributed by atoms with Gasteiger partial charge in [-0.05, 0) is 25.1 Å². The summed E-state index contributed by atoms with van der Waals surface area (Å²) >= 11 is 5.91. The Balaban J connectivity index is 2.03. The summed E-state index contributed by atoms with van der Waals surface area (Å²) in [6.07, 6.45) is 2.99. The van der Waals surface area contributed by atoms with Crippen LogP contribution in [0.2, 0.25) is 5.02 Å². The molecule has 1 amide bonds. The third kappa shape index (κ3) is 3.05. The van der Waals surface area contributed by atoms with Crippen LogP contribution in [0.25, 0.3) is 0 Å². The van der Waals surface area contributed by atoms with Gasteiger partial charge in [-0.15, -0.1) is 0 Å².